The first-order chi connectivity index (χ1) is 11.2. The lowest BCUT2D eigenvalue weighted by molar-refractivity contribution is 0.622. The summed E-state index contributed by atoms with van der Waals surface area (Å²) < 4.78 is 16.2. The Hall–Kier alpha value is -1.73. The van der Waals surface area contributed by atoms with Gasteiger partial charge < -0.3 is 0 Å². The smallest absolute Gasteiger partial charge is 0.192 e. The van der Waals surface area contributed by atoms with Crippen molar-refractivity contribution in [3.05, 3.63) is 46.2 Å². The van der Waals surface area contributed by atoms with Crippen LogP contribution < -0.4 is 0 Å². The molecule has 0 unspecified atom stereocenters. The van der Waals surface area contributed by atoms with Crippen LogP contribution in [0.4, 0.5) is 4.39 Å². The summed E-state index contributed by atoms with van der Waals surface area (Å²) in [4.78, 5) is 4.48. The van der Waals surface area contributed by atoms with Crippen molar-refractivity contribution >= 4 is 23.1 Å². The molecule has 2 aromatic heterocycles. The van der Waals surface area contributed by atoms with E-state index in [0.717, 1.165) is 34.5 Å². The number of hydrogen-bond donors (Lipinski definition) is 0. The maximum Gasteiger partial charge on any atom is 0.192 e. The Kier molecular flexibility index (Phi) is 3.90. The molecule has 1 aliphatic carbocycles. The largest absolute Gasteiger partial charge is 0.299 e. The van der Waals surface area contributed by atoms with Gasteiger partial charge in [0.1, 0.15) is 5.82 Å². The summed E-state index contributed by atoms with van der Waals surface area (Å²) in [5.74, 6) is 1.13. The Labute approximate surface area is 141 Å². The van der Waals surface area contributed by atoms with Crippen molar-refractivity contribution in [3.8, 4) is 11.4 Å². The predicted octanol–water partition coefficient (Wildman–Crippen LogP) is 4.48. The second-order valence-electron chi connectivity index (χ2n) is 5.53. The first kappa shape index (κ1) is 14.8. The zero-order valence-corrected chi connectivity index (χ0v) is 14.2. The minimum absolute atomic E-state index is 0.256. The molecule has 0 saturated heterocycles. The average Bonchev–Trinajstić information content (AvgIpc) is 3.16. The van der Waals surface area contributed by atoms with Crippen LogP contribution in [0.3, 0.4) is 0 Å². The molecule has 7 heteroatoms. The van der Waals surface area contributed by atoms with Gasteiger partial charge in [-0.05, 0) is 31.9 Å². The van der Waals surface area contributed by atoms with E-state index in [0.29, 0.717) is 17.4 Å². The molecule has 1 fully saturated rings. The highest BCUT2D eigenvalue weighted by atomic mass is 32.2. The lowest BCUT2D eigenvalue weighted by Crippen LogP contribution is -2.01. The zero-order chi connectivity index (χ0) is 15.8. The van der Waals surface area contributed by atoms with E-state index in [1.807, 2.05) is 13.0 Å². The Morgan fingerprint density at radius 3 is 2.83 bits per heavy atom. The monoisotopic (exact) mass is 346 g/mol. The minimum atomic E-state index is -0.256. The van der Waals surface area contributed by atoms with Gasteiger partial charge in [0.05, 0.1) is 16.3 Å². The quantitative estimate of drug-likeness (QED) is 0.639. The Morgan fingerprint density at radius 1 is 1.30 bits per heavy atom. The summed E-state index contributed by atoms with van der Waals surface area (Å²) in [6.45, 7) is 2.00. The number of thiazole rings is 1. The fourth-order valence-corrected chi connectivity index (χ4v) is 4.09. The maximum atomic E-state index is 14.1. The van der Waals surface area contributed by atoms with Crippen LogP contribution in [-0.4, -0.2) is 19.7 Å². The van der Waals surface area contributed by atoms with Crippen LogP contribution in [-0.2, 0) is 5.75 Å². The molecule has 0 amide bonds. The first-order valence-corrected chi connectivity index (χ1v) is 9.32. The Bertz CT molecular complexity index is 838. The number of aryl methyl sites for hydroxylation is 1. The number of halogens is 1. The van der Waals surface area contributed by atoms with Gasteiger partial charge in [-0.25, -0.2) is 9.37 Å². The fourth-order valence-electron chi connectivity index (χ4n) is 2.48. The molecule has 0 N–H and O–H groups in total. The SMILES string of the molecule is Cc1nc(CSc2nnc(-c3ccccc3F)n2C2CC2)cs1. The highest BCUT2D eigenvalue weighted by Crippen LogP contribution is 2.41. The molecule has 1 saturated carbocycles. The number of nitrogens with zero attached hydrogens (tertiary/aromatic N) is 4. The molecule has 0 bridgehead atoms. The van der Waals surface area contributed by atoms with E-state index in [9.17, 15) is 4.39 Å². The van der Waals surface area contributed by atoms with Gasteiger partial charge in [-0.2, -0.15) is 0 Å². The molecule has 1 aliphatic rings. The molecule has 1 aromatic carbocycles. The second-order valence-corrected chi connectivity index (χ2v) is 7.54. The van der Waals surface area contributed by atoms with Crippen molar-refractivity contribution in [2.24, 2.45) is 0 Å². The molecule has 118 valence electrons. The van der Waals surface area contributed by atoms with Crippen molar-refractivity contribution in [1.82, 2.24) is 19.7 Å². The molecule has 0 spiro atoms. The van der Waals surface area contributed by atoms with Crippen molar-refractivity contribution in [1.29, 1.82) is 0 Å². The van der Waals surface area contributed by atoms with Crippen molar-refractivity contribution in [2.75, 3.05) is 0 Å². The van der Waals surface area contributed by atoms with Crippen LogP contribution >= 0.6 is 23.1 Å². The van der Waals surface area contributed by atoms with Gasteiger partial charge in [0.25, 0.3) is 0 Å². The number of hydrogen-bond acceptors (Lipinski definition) is 5. The second kappa shape index (κ2) is 6.05. The van der Waals surface area contributed by atoms with Crippen molar-refractivity contribution in [3.63, 3.8) is 0 Å². The van der Waals surface area contributed by atoms with Gasteiger partial charge in [0.15, 0.2) is 11.0 Å². The lowest BCUT2D eigenvalue weighted by atomic mass is 10.2. The first-order valence-electron chi connectivity index (χ1n) is 7.46. The number of thioether (sulfide) groups is 1. The highest BCUT2D eigenvalue weighted by Gasteiger charge is 2.30. The summed E-state index contributed by atoms with van der Waals surface area (Å²) >= 11 is 3.26. The van der Waals surface area contributed by atoms with Crippen LogP contribution in [0.15, 0.2) is 34.8 Å². The standard InChI is InChI=1S/C16H15FN4S2/c1-10-18-11(8-22-10)9-23-16-20-19-15(21(16)12-6-7-12)13-4-2-3-5-14(13)17/h2-5,8,12H,6-7,9H2,1H3. The molecule has 23 heavy (non-hydrogen) atoms. The summed E-state index contributed by atoms with van der Waals surface area (Å²) in [6.07, 6.45) is 2.20. The molecule has 3 aromatic rings. The molecule has 0 radical (unpaired) electrons. The highest BCUT2D eigenvalue weighted by molar-refractivity contribution is 7.98. The third-order valence-corrected chi connectivity index (χ3v) is 5.51. The summed E-state index contributed by atoms with van der Waals surface area (Å²) in [6, 6.07) is 7.13. The normalized spacial score (nSPS) is 14.3. The average molecular weight is 346 g/mol. The molecule has 4 rings (SSSR count). The van der Waals surface area contributed by atoms with Gasteiger partial charge in [-0.3, -0.25) is 4.57 Å². The lowest BCUT2D eigenvalue weighted by Gasteiger charge is -2.08. The number of benzene rings is 1. The van der Waals surface area contributed by atoms with Gasteiger partial charge in [0, 0.05) is 17.2 Å². The van der Waals surface area contributed by atoms with E-state index < -0.39 is 0 Å². The molecule has 2 heterocycles. The third kappa shape index (κ3) is 3.03. The van der Waals surface area contributed by atoms with Crippen LogP contribution in [0.2, 0.25) is 0 Å². The summed E-state index contributed by atoms with van der Waals surface area (Å²) in [7, 11) is 0. The van der Waals surface area contributed by atoms with Crippen LogP contribution in [0.1, 0.15) is 29.6 Å². The minimum Gasteiger partial charge on any atom is -0.299 e. The summed E-state index contributed by atoms with van der Waals surface area (Å²) in [5.41, 5.74) is 1.57. The topological polar surface area (TPSA) is 43.6 Å². The van der Waals surface area contributed by atoms with Gasteiger partial charge in [-0.1, -0.05) is 23.9 Å². The van der Waals surface area contributed by atoms with E-state index in [4.69, 9.17) is 0 Å². The van der Waals surface area contributed by atoms with Crippen LogP contribution in [0, 0.1) is 12.7 Å². The predicted molar refractivity (Wildman–Crippen MR) is 90.1 cm³/mol. The van der Waals surface area contributed by atoms with E-state index in [-0.39, 0.29) is 5.82 Å². The van der Waals surface area contributed by atoms with Gasteiger partial charge >= 0.3 is 0 Å². The van der Waals surface area contributed by atoms with Gasteiger partial charge in [0.2, 0.25) is 0 Å². The van der Waals surface area contributed by atoms with Crippen molar-refractivity contribution < 1.29 is 4.39 Å². The maximum absolute atomic E-state index is 14.1. The van der Waals surface area contributed by atoms with Crippen LogP contribution in [0.25, 0.3) is 11.4 Å². The number of aromatic nitrogens is 4. The third-order valence-electron chi connectivity index (χ3n) is 3.71. The van der Waals surface area contributed by atoms with E-state index in [2.05, 4.69) is 25.1 Å². The van der Waals surface area contributed by atoms with Crippen molar-refractivity contribution in [2.45, 2.75) is 36.7 Å². The molecular formula is C16H15FN4S2. The zero-order valence-electron chi connectivity index (χ0n) is 12.6. The summed E-state index contributed by atoms with van der Waals surface area (Å²) in [5, 5.41) is 12.5. The number of rotatable bonds is 5. The fraction of sp³-hybridized carbons (Fsp3) is 0.312. The van der Waals surface area contributed by atoms with Crippen LogP contribution in [0.5, 0.6) is 0 Å². The molecule has 4 nitrogen and oxygen atoms in total. The molecule has 0 atom stereocenters. The van der Waals surface area contributed by atoms with Gasteiger partial charge in [-0.15, -0.1) is 21.5 Å². The Balaban J connectivity index is 1.64. The Morgan fingerprint density at radius 2 is 2.13 bits per heavy atom. The molecular weight excluding hydrogens is 331 g/mol. The molecule has 0 aliphatic heterocycles. The van der Waals surface area contributed by atoms with E-state index in [1.54, 1.807) is 35.2 Å². The van der Waals surface area contributed by atoms with E-state index in [1.165, 1.54) is 6.07 Å². The van der Waals surface area contributed by atoms with E-state index >= 15 is 0 Å².